The van der Waals surface area contributed by atoms with E-state index < -0.39 is 5.92 Å². The lowest BCUT2D eigenvalue weighted by Crippen LogP contribution is -2.36. The maximum Gasteiger partial charge on any atom is 0.233 e. The van der Waals surface area contributed by atoms with Crippen LogP contribution in [0.15, 0.2) is 30.7 Å². The van der Waals surface area contributed by atoms with Gasteiger partial charge in [0, 0.05) is 32.9 Å². The van der Waals surface area contributed by atoms with Gasteiger partial charge in [-0.15, -0.1) is 0 Å². The van der Waals surface area contributed by atoms with Gasteiger partial charge in [-0.05, 0) is 24.1 Å². The van der Waals surface area contributed by atoms with Crippen LogP contribution in [0.4, 0.5) is 0 Å². The lowest BCUT2D eigenvalue weighted by Gasteiger charge is -2.14. The van der Waals surface area contributed by atoms with Crippen LogP contribution in [0.2, 0.25) is 0 Å². The van der Waals surface area contributed by atoms with Crippen LogP contribution < -0.4 is 0 Å². The first kappa shape index (κ1) is 15.2. The molecule has 1 atom stereocenters. The third-order valence-corrected chi connectivity index (χ3v) is 4.11. The van der Waals surface area contributed by atoms with Gasteiger partial charge in [-0.2, -0.15) is 5.10 Å². The third kappa shape index (κ3) is 2.94. The predicted octanol–water partition coefficient (Wildman–Crippen LogP) is 0.559. The standard InChI is InChI=1S/C16H18N4O3/c1-18-5-3-4-13(18)14(21)10-20-15(22)7-12(16(20)23)6-11-8-17-19(2)9-11/h3-5,8-9,12H,6-7,10H2,1-2H3/t12-/m1/s1. The fourth-order valence-electron chi connectivity index (χ4n) is 2.91. The SMILES string of the molecule is Cn1cc(C[C@@H]2CC(=O)N(CC(=O)c3cccn3C)C2=O)cn1. The summed E-state index contributed by atoms with van der Waals surface area (Å²) in [6, 6.07) is 3.44. The van der Waals surface area contributed by atoms with Gasteiger partial charge in [0.2, 0.25) is 11.8 Å². The van der Waals surface area contributed by atoms with Crippen LogP contribution in [0.1, 0.15) is 22.5 Å². The molecule has 3 rings (SSSR count). The zero-order chi connectivity index (χ0) is 16.6. The van der Waals surface area contributed by atoms with Crippen LogP contribution in [0.3, 0.4) is 0 Å². The van der Waals surface area contributed by atoms with Crippen molar-refractivity contribution in [2.45, 2.75) is 12.8 Å². The van der Waals surface area contributed by atoms with Crippen molar-refractivity contribution in [3.8, 4) is 0 Å². The van der Waals surface area contributed by atoms with Crippen LogP contribution in [0.5, 0.6) is 0 Å². The Bertz CT molecular complexity index is 774. The average molecular weight is 314 g/mol. The fourth-order valence-corrected chi connectivity index (χ4v) is 2.91. The number of carbonyl (C=O) groups excluding carboxylic acids is 3. The molecule has 0 aromatic carbocycles. The maximum atomic E-state index is 12.4. The molecular weight excluding hydrogens is 296 g/mol. The van der Waals surface area contributed by atoms with E-state index in [9.17, 15) is 14.4 Å². The van der Waals surface area contributed by atoms with Gasteiger partial charge in [-0.25, -0.2) is 0 Å². The number of carbonyl (C=O) groups is 3. The number of amides is 2. The van der Waals surface area contributed by atoms with Crippen molar-refractivity contribution < 1.29 is 14.4 Å². The quantitative estimate of drug-likeness (QED) is 0.597. The number of aryl methyl sites for hydroxylation is 2. The molecule has 0 radical (unpaired) electrons. The average Bonchev–Trinajstić information content (AvgIpc) is 3.16. The second kappa shape index (κ2) is 5.83. The van der Waals surface area contributed by atoms with E-state index in [0.717, 1.165) is 10.5 Å². The minimum absolute atomic E-state index is 0.147. The number of ketones is 1. The van der Waals surface area contributed by atoms with E-state index in [1.165, 1.54) is 0 Å². The van der Waals surface area contributed by atoms with Crippen LogP contribution in [-0.4, -0.2) is 43.4 Å². The minimum Gasteiger partial charge on any atom is -0.348 e. The van der Waals surface area contributed by atoms with Crippen molar-refractivity contribution in [3.05, 3.63) is 42.0 Å². The highest BCUT2D eigenvalue weighted by molar-refractivity contribution is 6.08. The van der Waals surface area contributed by atoms with Crippen molar-refractivity contribution >= 4 is 17.6 Å². The number of Topliss-reactive ketones (excluding diaryl/α,β-unsaturated/α-hetero) is 1. The number of hydrogen-bond acceptors (Lipinski definition) is 4. The minimum atomic E-state index is -0.409. The molecule has 1 saturated heterocycles. The first-order valence-electron chi connectivity index (χ1n) is 7.42. The monoisotopic (exact) mass is 314 g/mol. The Labute approximate surface area is 133 Å². The first-order valence-corrected chi connectivity index (χ1v) is 7.42. The summed E-state index contributed by atoms with van der Waals surface area (Å²) in [7, 11) is 3.56. The van der Waals surface area contributed by atoms with Gasteiger partial charge in [-0.3, -0.25) is 24.0 Å². The van der Waals surface area contributed by atoms with Crippen LogP contribution in [0, 0.1) is 5.92 Å². The number of nitrogens with zero attached hydrogens (tertiary/aromatic N) is 4. The predicted molar refractivity (Wildman–Crippen MR) is 81.5 cm³/mol. The van der Waals surface area contributed by atoms with Gasteiger partial charge in [0.05, 0.1) is 24.4 Å². The molecule has 0 spiro atoms. The summed E-state index contributed by atoms with van der Waals surface area (Å²) in [6.07, 6.45) is 5.89. The largest absolute Gasteiger partial charge is 0.348 e. The Morgan fingerprint density at radius 1 is 1.35 bits per heavy atom. The Kier molecular flexibility index (Phi) is 3.85. The highest BCUT2D eigenvalue weighted by Crippen LogP contribution is 2.23. The van der Waals surface area contributed by atoms with Crippen LogP contribution >= 0.6 is 0 Å². The molecule has 23 heavy (non-hydrogen) atoms. The normalized spacial score (nSPS) is 18.0. The van der Waals surface area contributed by atoms with Gasteiger partial charge < -0.3 is 4.57 Å². The maximum absolute atomic E-state index is 12.4. The van der Waals surface area contributed by atoms with Crippen molar-refractivity contribution in [1.29, 1.82) is 0 Å². The number of imide groups is 1. The number of aromatic nitrogens is 3. The molecule has 2 aromatic rings. The second-order valence-electron chi connectivity index (χ2n) is 5.87. The van der Waals surface area contributed by atoms with E-state index in [0.29, 0.717) is 12.1 Å². The highest BCUT2D eigenvalue weighted by atomic mass is 16.2. The van der Waals surface area contributed by atoms with E-state index in [4.69, 9.17) is 0 Å². The molecule has 2 aromatic heterocycles. The van der Waals surface area contributed by atoms with E-state index in [-0.39, 0.29) is 30.6 Å². The molecule has 2 amide bonds. The molecular formula is C16H18N4O3. The van der Waals surface area contributed by atoms with Crippen molar-refractivity contribution in [1.82, 2.24) is 19.2 Å². The molecule has 1 aliphatic rings. The summed E-state index contributed by atoms with van der Waals surface area (Å²) in [6.45, 7) is -0.195. The number of likely N-dealkylation sites (tertiary alicyclic amines) is 1. The molecule has 0 saturated carbocycles. The fraction of sp³-hybridized carbons (Fsp3) is 0.375. The summed E-state index contributed by atoms with van der Waals surface area (Å²) in [5.74, 6) is -1.21. The summed E-state index contributed by atoms with van der Waals surface area (Å²) >= 11 is 0. The lowest BCUT2D eigenvalue weighted by atomic mass is 10.0. The van der Waals surface area contributed by atoms with Crippen molar-refractivity contribution in [2.24, 2.45) is 20.0 Å². The second-order valence-corrected chi connectivity index (χ2v) is 5.87. The molecule has 7 nitrogen and oxygen atoms in total. The van der Waals surface area contributed by atoms with Crippen molar-refractivity contribution in [3.63, 3.8) is 0 Å². The van der Waals surface area contributed by atoms with E-state index >= 15 is 0 Å². The highest BCUT2D eigenvalue weighted by Gasteiger charge is 2.39. The topological polar surface area (TPSA) is 77.2 Å². The van der Waals surface area contributed by atoms with Crippen LogP contribution in [-0.2, 0) is 30.1 Å². The molecule has 7 heteroatoms. The Balaban J connectivity index is 1.69. The number of rotatable bonds is 5. The molecule has 3 heterocycles. The van der Waals surface area contributed by atoms with E-state index in [1.807, 2.05) is 6.20 Å². The Morgan fingerprint density at radius 2 is 2.13 bits per heavy atom. The Hall–Kier alpha value is -2.70. The molecule has 0 N–H and O–H groups in total. The van der Waals surface area contributed by atoms with Crippen molar-refractivity contribution in [2.75, 3.05) is 6.54 Å². The van der Waals surface area contributed by atoms with Gasteiger partial charge in [0.25, 0.3) is 0 Å². The first-order chi connectivity index (χ1) is 11.0. The molecule has 0 bridgehead atoms. The zero-order valence-electron chi connectivity index (χ0n) is 13.1. The van der Waals surface area contributed by atoms with Gasteiger partial charge >= 0.3 is 0 Å². The summed E-state index contributed by atoms with van der Waals surface area (Å²) in [5, 5.41) is 4.06. The molecule has 1 fully saturated rings. The van der Waals surface area contributed by atoms with Gasteiger partial charge in [-0.1, -0.05) is 0 Å². The lowest BCUT2D eigenvalue weighted by molar-refractivity contribution is -0.138. The zero-order valence-corrected chi connectivity index (χ0v) is 13.1. The molecule has 0 unspecified atom stereocenters. The number of hydrogen-bond donors (Lipinski definition) is 0. The van der Waals surface area contributed by atoms with Gasteiger partial charge in [0.1, 0.15) is 0 Å². The molecule has 120 valence electrons. The Morgan fingerprint density at radius 3 is 2.74 bits per heavy atom. The van der Waals surface area contributed by atoms with Crippen LogP contribution in [0.25, 0.3) is 0 Å². The summed E-state index contributed by atoms with van der Waals surface area (Å²) < 4.78 is 3.34. The molecule has 1 aliphatic heterocycles. The third-order valence-electron chi connectivity index (χ3n) is 4.11. The smallest absolute Gasteiger partial charge is 0.233 e. The summed E-state index contributed by atoms with van der Waals surface area (Å²) in [4.78, 5) is 37.9. The van der Waals surface area contributed by atoms with E-state index in [2.05, 4.69) is 5.10 Å². The summed E-state index contributed by atoms with van der Waals surface area (Å²) in [5.41, 5.74) is 1.40. The van der Waals surface area contributed by atoms with E-state index in [1.54, 1.807) is 47.9 Å². The van der Waals surface area contributed by atoms with Gasteiger partial charge in [0.15, 0.2) is 5.78 Å². The molecule has 0 aliphatic carbocycles.